The number of likely N-dealkylation sites (tertiary alicyclic amines) is 1. The molecule has 136 valence electrons. The molecular weight excluding hydrogens is 326 g/mol. The molecule has 0 aliphatic carbocycles. The fourth-order valence-electron chi connectivity index (χ4n) is 3.28. The molecule has 1 fully saturated rings. The van der Waals surface area contributed by atoms with Crippen molar-refractivity contribution in [2.75, 3.05) is 30.3 Å². The smallest absolute Gasteiger partial charge is 0.238 e. The molecule has 3 rings (SSSR count). The first-order valence-corrected chi connectivity index (χ1v) is 9.05. The molecule has 0 saturated carbocycles. The Hall–Kier alpha value is -2.66. The number of hydrogen-bond donors (Lipinski definition) is 2. The van der Waals surface area contributed by atoms with Gasteiger partial charge in [0.1, 0.15) is 0 Å². The molecule has 0 radical (unpaired) electrons. The lowest BCUT2D eigenvalue weighted by Crippen LogP contribution is -2.44. The highest BCUT2D eigenvalue weighted by atomic mass is 16.2. The summed E-state index contributed by atoms with van der Waals surface area (Å²) in [5.74, 6) is -0.0983. The van der Waals surface area contributed by atoms with Gasteiger partial charge in [-0.15, -0.1) is 0 Å². The first kappa shape index (κ1) is 18.1. The van der Waals surface area contributed by atoms with Gasteiger partial charge in [-0.3, -0.25) is 14.5 Å². The van der Waals surface area contributed by atoms with Gasteiger partial charge < -0.3 is 10.6 Å². The number of carbonyl (C=O) groups excluding carboxylic acids is 2. The van der Waals surface area contributed by atoms with Crippen LogP contribution in [0.2, 0.25) is 0 Å². The summed E-state index contributed by atoms with van der Waals surface area (Å²) in [6.45, 7) is 3.74. The number of nitrogens with zero attached hydrogens (tertiary/aromatic N) is 1. The Morgan fingerprint density at radius 3 is 2.54 bits per heavy atom. The second kappa shape index (κ2) is 8.63. The third-order valence-corrected chi connectivity index (χ3v) is 4.70. The summed E-state index contributed by atoms with van der Waals surface area (Å²) in [4.78, 5) is 26.9. The van der Waals surface area contributed by atoms with Gasteiger partial charge in [-0.05, 0) is 50.1 Å². The van der Waals surface area contributed by atoms with Gasteiger partial charge in [0, 0.05) is 17.9 Å². The van der Waals surface area contributed by atoms with Crippen LogP contribution in [-0.2, 0) is 9.59 Å². The van der Waals surface area contributed by atoms with Crippen molar-refractivity contribution in [1.82, 2.24) is 4.90 Å². The summed E-state index contributed by atoms with van der Waals surface area (Å²) in [5, 5.41) is 5.93. The number of benzene rings is 2. The molecule has 0 unspecified atom stereocenters. The number of rotatable bonds is 5. The van der Waals surface area contributed by atoms with Crippen LogP contribution in [0.25, 0.3) is 0 Å². The number of amides is 2. The third-order valence-electron chi connectivity index (χ3n) is 4.70. The minimum atomic E-state index is -0.0878. The highest BCUT2D eigenvalue weighted by Gasteiger charge is 2.27. The van der Waals surface area contributed by atoms with E-state index in [1.54, 1.807) is 0 Å². The number of carbonyl (C=O) groups is 2. The van der Waals surface area contributed by atoms with Gasteiger partial charge in [-0.1, -0.05) is 36.4 Å². The normalized spacial score (nSPS) is 17.5. The molecule has 5 heteroatoms. The molecule has 1 saturated heterocycles. The zero-order chi connectivity index (χ0) is 18.4. The zero-order valence-corrected chi connectivity index (χ0v) is 15.1. The molecule has 2 aromatic rings. The molecule has 0 aromatic heterocycles. The molecule has 0 spiro atoms. The number of nitrogens with one attached hydrogen (secondary N) is 2. The molecule has 1 atom stereocenters. The molecule has 2 aromatic carbocycles. The van der Waals surface area contributed by atoms with E-state index < -0.39 is 0 Å². The lowest BCUT2D eigenvalue weighted by atomic mass is 9.97. The molecule has 1 heterocycles. The Morgan fingerprint density at radius 1 is 1.04 bits per heavy atom. The van der Waals surface area contributed by atoms with Crippen molar-refractivity contribution in [1.29, 1.82) is 0 Å². The average molecular weight is 351 g/mol. The number of aryl methyl sites for hydroxylation is 1. The van der Waals surface area contributed by atoms with Crippen molar-refractivity contribution in [2.24, 2.45) is 5.92 Å². The highest BCUT2D eigenvalue weighted by molar-refractivity contribution is 5.94. The van der Waals surface area contributed by atoms with E-state index in [9.17, 15) is 9.59 Å². The monoisotopic (exact) mass is 351 g/mol. The molecule has 5 nitrogen and oxygen atoms in total. The van der Waals surface area contributed by atoms with Crippen LogP contribution in [0.4, 0.5) is 11.4 Å². The topological polar surface area (TPSA) is 61.4 Å². The molecule has 2 N–H and O–H groups in total. The van der Waals surface area contributed by atoms with Crippen LogP contribution in [0.3, 0.4) is 0 Å². The van der Waals surface area contributed by atoms with Crippen molar-refractivity contribution in [3.8, 4) is 0 Å². The summed E-state index contributed by atoms with van der Waals surface area (Å²) in [5.41, 5.74) is 2.69. The fourth-order valence-corrected chi connectivity index (χ4v) is 3.28. The largest absolute Gasteiger partial charge is 0.326 e. The van der Waals surface area contributed by atoms with E-state index in [2.05, 4.69) is 15.5 Å². The maximum absolute atomic E-state index is 12.5. The van der Waals surface area contributed by atoms with Gasteiger partial charge >= 0.3 is 0 Å². The van der Waals surface area contributed by atoms with Crippen LogP contribution in [0.1, 0.15) is 18.4 Å². The molecule has 2 amide bonds. The Morgan fingerprint density at radius 2 is 1.77 bits per heavy atom. The van der Waals surface area contributed by atoms with Crippen LogP contribution in [-0.4, -0.2) is 36.3 Å². The van der Waals surface area contributed by atoms with Crippen molar-refractivity contribution in [2.45, 2.75) is 19.8 Å². The molecule has 1 aliphatic rings. The van der Waals surface area contributed by atoms with Crippen molar-refractivity contribution in [3.63, 3.8) is 0 Å². The minimum absolute atomic E-state index is 0.0280. The van der Waals surface area contributed by atoms with Gasteiger partial charge in [0.2, 0.25) is 11.8 Å². The minimum Gasteiger partial charge on any atom is -0.326 e. The number of hydrogen-bond acceptors (Lipinski definition) is 3. The Bertz CT molecular complexity index is 761. The van der Waals surface area contributed by atoms with Crippen LogP contribution >= 0.6 is 0 Å². The summed E-state index contributed by atoms with van der Waals surface area (Å²) in [6.07, 6.45) is 1.78. The van der Waals surface area contributed by atoms with E-state index in [4.69, 9.17) is 0 Å². The second-order valence-corrected chi connectivity index (χ2v) is 6.79. The number of para-hydroxylation sites is 2. The van der Waals surface area contributed by atoms with Crippen LogP contribution in [0, 0.1) is 12.8 Å². The van der Waals surface area contributed by atoms with E-state index in [0.717, 1.165) is 36.3 Å². The van der Waals surface area contributed by atoms with Crippen molar-refractivity contribution in [3.05, 3.63) is 60.2 Å². The number of piperidine rings is 1. The maximum Gasteiger partial charge on any atom is 0.238 e. The van der Waals surface area contributed by atoms with E-state index >= 15 is 0 Å². The van der Waals surface area contributed by atoms with Gasteiger partial charge in [-0.2, -0.15) is 0 Å². The highest BCUT2D eigenvalue weighted by Crippen LogP contribution is 2.19. The van der Waals surface area contributed by atoms with Crippen LogP contribution in [0.5, 0.6) is 0 Å². The first-order valence-electron chi connectivity index (χ1n) is 9.05. The SMILES string of the molecule is Cc1ccccc1NC(=O)CN1CCC[C@H](C(=O)Nc2ccccc2)C1. The summed E-state index contributed by atoms with van der Waals surface area (Å²) in [7, 11) is 0. The van der Waals surface area contributed by atoms with Crippen molar-refractivity contribution < 1.29 is 9.59 Å². The lowest BCUT2D eigenvalue weighted by Gasteiger charge is -2.31. The lowest BCUT2D eigenvalue weighted by molar-refractivity contribution is -0.123. The van der Waals surface area contributed by atoms with Gasteiger partial charge in [0.05, 0.1) is 12.5 Å². The molecule has 0 bridgehead atoms. The van der Waals surface area contributed by atoms with Gasteiger partial charge in [0.15, 0.2) is 0 Å². The van der Waals surface area contributed by atoms with E-state index in [-0.39, 0.29) is 17.7 Å². The predicted octanol–water partition coefficient (Wildman–Crippen LogP) is 3.28. The predicted molar refractivity (Wildman–Crippen MR) is 104 cm³/mol. The zero-order valence-electron chi connectivity index (χ0n) is 15.1. The molecular formula is C21H25N3O2. The summed E-state index contributed by atoms with van der Waals surface area (Å²) in [6, 6.07) is 17.2. The molecule has 1 aliphatic heterocycles. The van der Waals surface area contributed by atoms with E-state index in [1.165, 1.54) is 0 Å². The van der Waals surface area contributed by atoms with Gasteiger partial charge in [-0.25, -0.2) is 0 Å². The molecule has 26 heavy (non-hydrogen) atoms. The quantitative estimate of drug-likeness (QED) is 0.869. The maximum atomic E-state index is 12.5. The fraction of sp³-hybridized carbons (Fsp3) is 0.333. The van der Waals surface area contributed by atoms with Crippen LogP contribution < -0.4 is 10.6 Å². The van der Waals surface area contributed by atoms with Gasteiger partial charge in [0.25, 0.3) is 0 Å². The second-order valence-electron chi connectivity index (χ2n) is 6.79. The summed E-state index contributed by atoms with van der Waals surface area (Å²) >= 11 is 0. The standard InChI is InChI=1S/C21H25N3O2/c1-16-8-5-6-12-19(16)23-20(25)15-24-13-7-9-17(14-24)21(26)22-18-10-3-2-4-11-18/h2-6,8,10-12,17H,7,9,13-15H2,1H3,(H,22,26)(H,23,25)/t17-/m0/s1. The number of anilines is 2. The van der Waals surface area contributed by atoms with Crippen LogP contribution in [0.15, 0.2) is 54.6 Å². The Labute approximate surface area is 154 Å². The Kier molecular flexibility index (Phi) is 6.02. The van der Waals surface area contributed by atoms with E-state index in [0.29, 0.717) is 13.1 Å². The average Bonchev–Trinajstić information content (AvgIpc) is 2.64. The Balaban J connectivity index is 1.52. The van der Waals surface area contributed by atoms with E-state index in [1.807, 2.05) is 61.5 Å². The van der Waals surface area contributed by atoms with Crippen molar-refractivity contribution >= 4 is 23.2 Å². The third kappa shape index (κ3) is 4.92. The summed E-state index contributed by atoms with van der Waals surface area (Å²) < 4.78 is 0. The first-order chi connectivity index (χ1) is 12.6.